The van der Waals surface area contributed by atoms with Crippen molar-refractivity contribution >= 4 is 22.9 Å². The van der Waals surface area contributed by atoms with Crippen molar-refractivity contribution in [3.05, 3.63) is 39.3 Å². The highest BCUT2D eigenvalue weighted by Gasteiger charge is 2.16. The van der Waals surface area contributed by atoms with Crippen molar-refractivity contribution in [3.8, 4) is 0 Å². The first-order valence-electron chi connectivity index (χ1n) is 4.41. The summed E-state index contributed by atoms with van der Waals surface area (Å²) in [6, 6.07) is 5.64. The molecule has 2 rings (SSSR count). The fourth-order valence-corrected chi connectivity index (χ4v) is 2.52. The topological polar surface area (TPSA) is 55.9 Å². The number of halogens is 1. The molecule has 4 nitrogen and oxygen atoms in total. The van der Waals surface area contributed by atoms with Gasteiger partial charge in [-0.25, -0.2) is 5.43 Å². The summed E-state index contributed by atoms with van der Waals surface area (Å²) in [6.45, 7) is 0. The van der Waals surface area contributed by atoms with Crippen LogP contribution in [-0.2, 0) is 7.05 Å². The largest absolute Gasteiger partial charge is 0.275 e. The Kier molecular flexibility index (Phi) is 3.06. The number of nitrogens with one attached hydrogen (secondary N) is 1. The van der Waals surface area contributed by atoms with Gasteiger partial charge in [-0.15, -0.1) is 11.3 Å². The van der Waals surface area contributed by atoms with Gasteiger partial charge >= 0.3 is 0 Å². The summed E-state index contributed by atoms with van der Waals surface area (Å²) in [7, 11) is 1.87. The molecule has 0 spiro atoms. The first-order valence-corrected chi connectivity index (χ1v) is 5.61. The maximum absolute atomic E-state index is 5.88. The highest BCUT2D eigenvalue weighted by molar-refractivity contribution is 7.16. The van der Waals surface area contributed by atoms with E-state index < -0.39 is 0 Å². The van der Waals surface area contributed by atoms with Crippen molar-refractivity contribution in [2.45, 2.75) is 6.04 Å². The predicted molar refractivity (Wildman–Crippen MR) is 61.7 cm³/mol. The third kappa shape index (κ3) is 2.21. The molecule has 0 saturated heterocycles. The van der Waals surface area contributed by atoms with Crippen LogP contribution in [0.25, 0.3) is 0 Å². The van der Waals surface area contributed by atoms with E-state index in [9.17, 15) is 0 Å². The van der Waals surface area contributed by atoms with Crippen LogP contribution in [-0.4, -0.2) is 9.78 Å². The predicted octanol–water partition coefficient (Wildman–Crippen LogP) is 1.69. The number of nitrogens with two attached hydrogens (primary N) is 1. The second-order valence-corrected chi connectivity index (χ2v) is 4.90. The van der Waals surface area contributed by atoms with Gasteiger partial charge in [0.1, 0.15) is 0 Å². The lowest BCUT2D eigenvalue weighted by atomic mass is 10.2. The average Bonchev–Trinajstić information content (AvgIpc) is 2.78. The number of rotatable bonds is 3. The van der Waals surface area contributed by atoms with Crippen LogP contribution >= 0.6 is 22.9 Å². The zero-order valence-electron chi connectivity index (χ0n) is 8.14. The maximum Gasteiger partial charge on any atom is 0.0992 e. The van der Waals surface area contributed by atoms with Gasteiger partial charge in [0.2, 0.25) is 0 Å². The minimum absolute atomic E-state index is 0.0938. The van der Waals surface area contributed by atoms with Crippen molar-refractivity contribution in [3.63, 3.8) is 0 Å². The molecule has 0 fully saturated rings. The zero-order chi connectivity index (χ0) is 10.8. The third-order valence-corrected chi connectivity index (χ3v) is 3.37. The number of thiophene rings is 1. The van der Waals surface area contributed by atoms with Gasteiger partial charge in [0.15, 0.2) is 0 Å². The quantitative estimate of drug-likeness (QED) is 0.636. The van der Waals surface area contributed by atoms with E-state index in [0.717, 1.165) is 14.9 Å². The molecule has 1 unspecified atom stereocenters. The van der Waals surface area contributed by atoms with E-state index in [-0.39, 0.29) is 6.04 Å². The van der Waals surface area contributed by atoms with Crippen molar-refractivity contribution in [2.75, 3.05) is 0 Å². The Balaban J connectivity index is 2.32. The van der Waals surface area contributed by atoms with Gasteiger partial charge in [0.25, 0.3) is 0 Å². The SMILES string of the molecule is Cn1ccc(C(NN)c2ccc(Cl)s2)n1. The summed E-state index contributed by atoms with van der Waals surface area (Å²) >= 11 is 7.38. The molecule has 0 aromatic carbocycles. The fourth-order valence-electron chi connectivity index (χ4n) is 1.38. The van der Waals surface area contributed by atoms with Crippen LogP contribution in [0.15, 0.2) is 24.4 Å². The van der Waals surface area contributed by atoms with E-state index in [1.54, 1.807) is 4.68 Å². The van der Waals surface area contributed by atoms with E-state index in [0.29, 0.717) is 0 Å². The normalized spacial score (nSPS) is 13.0. The Morgan fingerprint density at radius 3 is 2.80 bits per heavy atom. The highest BCUT2D eigenvalue weighted by Crippen LogP contribution is 2.29. The zero-order valence-corrected chi connectivity index (χ0v) is 9.72. The van der Waals surface area contributed by atoms with Gasteiger partial charge in [0.05, 0.1) is 16.1 Å². The van der Waals surface area contributed by atoms with Crippen molar-refractivity contribution in [1.29, 1.82) is 0 Å². The second-order valence-electron chi connectivity index (χ2n) is 3.16. The Bertz CT molecular complexity index is 410. The lowest BCUT2D eigenvalue weighted by Crippen LogP contribution is -2.28. The second kappa shape index (κ2) is 4.32. The summed E-state index contributed by atoms with van der Waals surface area (Å²) in [5.41, 5.74) is 3.62. The third-order valence-electron chi connectivity index (χ3n) is 2.08. The number of nitrogens with zero attached hydrogens (tertiary/aromatic N) is 2. The molecule has 0 saturated carbocycles. The summed E-state index contributed by atoms with van der Waals surface area (Å²) in [5, 5.41) is 4.31. The number of hydrazine groups is 1. The van der Waals surface area contributed by atoms with Crippen molar-refractivity contribution in [2.24, 2.45) is 12.9 Å². The van der Waals surface area contributed by atoms with Gasteiger partial charge in [-0.05, 0) is 18.2 Å². The lowest BCUT2D eigenvalue weighted by Gasteiger charge is -2.10. The fraction of sp³-hybridized carbons (Fsp3) is 0.222. The van der Waals surface area contributed by atoms with Gasteiger partial charge < -0.3 is 0 Å². The molecule has 0 radical (unpaired) electrons. The molecule has 80 valence electrons. The van der Waals surface area contributed by atoms with Crippen LogP contribution in [0.2, 0.25) is 4.34 Å². The van der Waals surface area contributed by atoms with E-state index in [1.165, 1.54) is 11.3 Å². The summed E-state index contributed by atoms with van der Waals surface area (Å²) in [5.74, 6) is 5.52. The Morgan fingerprint density at radius 2 is 2.33 bits per heavy atom. The van der Waals surface area contributed by atoms with Crippen molar-refractivity contribution in [1.82, 2.24) is 15.2 Å². The molecule has 2 aromatic rings. The van der Waals surface area contributed by atoms with E-state index >= 15 is 0 Å². The number of aromatic nitrogens is 2. The average molecular weight is 243 g/mol. The first-order chi connectivity index (χ1) is 7.20. The standard InChI is InChI=1S/C9H11ClN4S/c1-14-5-4-6(13-14)9(12-11)7-2-3-8(10)15-7/h2-5,9,12H,11H2,1H3. The molecule has 0 amide bonds. The van der Waals surface area contributed by atoms with Crippen molar-refractivity contribution < 1.29 is 0 Å². The summed E-state index contributed by atoms with van der Waals surface area (Å²) in [4.78, 5) is 1.06. The molecular formula is C9H11ClN4S. The number of hydrogen-bond donors (Lipinski definition) is 2. The molecule has 3 N–H and O–H groups in total. The Morgan fingerprint density at radius 1 is 1.53 bits per heavy atom. The Hall–Kier alpha value is -0.880. The molecule has 1 atom stereocenters. The molecule has 6 heteroatoms. The maximum atomic E-state index is 5.88. The minimum atomic E-state index is -0.0938. The van der Waals surface area contributed by atoms with E-state index in [1.807, 2.05) is 31.4 Å². The minimum Gasteiger partial charge on any atom is -0.275 e. The molecule has 0 bridgehead atoms. The van der Waals surface area contributed by atoms with Gasteiger partial charge in [-0.2, -0.15) is 5.10 Å². The smallest absolute Gasteiger partial charge is 0.0992 e. The van der Waals surface area contributed by atoms with Gasteiger partial charge in [0, 0.05) is 18.1 Å². The molecule has 2 heterocycles. The van der Waals surface area contributed by atoms with Crippen LogP contribution in [0.3, 0.4) is 0 Å². The molecule has 0 aliphatic rings. The summed E-state index contributed by atoms with van der Waals surface area (Å²) < 4.78 is 2.50. The number of aryl methyl sites for hydroxylation is 1. The summed E-state index contributed by atoms with van der Waals surface area (Å²) in [6.07, 6.45) is 1.88. The van der Waals surface area contributed by atoms with Crippen LogP contribution < -0.4 is 11.3 Å². The van der Waals surface area contributed by atoms with Crippen LogP contribution in [0.5, 0.6) is 0 Å². The van der Waals surface area contributed by atoms with E-state index in [4.69, 9.17) is 17.4 Å². The monoisotopic (exact) mass is 242 g/mol. The van der Waals surface area contributed by atoms with E-state index in [2.05, 4.69) is 10.5 Å². The molecule has 0 aliphatic carbocycles. The number of hydrogen-bond acceptors (Lipinski definition) is 4. The van der Waals surface area contributed by atoms with Gasteiger partial charge in [-0.1, -0.05) is 11.6 Å². The molecule has 15 heavy (non-hydrogen) atoms. The van der Waals surface area contributed by atoms with Crippen LogP contribution in [0.1, 0.15) is 16.6 Å². The van der Waals surface area contributed by atoms with Gasteiger partial charge in [-0.3, -0.25) is 10.5 Å². The highest BCUT2D eigenvalue weighted by atomic mass is 35.5. The first kappa shape index (κ1) is 10.6. The lowest BCUT2D eigenvalue weighted by molar-refractivity contribution is 0.611. The van der Waals surface area contributed by atoms with Crippen LogP contribution in [0.4, 0.5) is 0 Å². The Labute approximate surface area is 96.6 Å². The van der Waals surface area contributed by atoms with Crippen LogP contribution in [0, 0.1) is 0 Å². The molecule has 2 aromatic heterocycles. The molecular weight excluding hydrogens is 232 g/mol. The molecule has 0 aliphatic heterocycles.